The molecule has 1 aromatic carbocycles. The number of aromatic nitrogens is 1. The Bertz CT molecular complexity index is 1110. The molecule has 3 rings (SSSR count). The highest BCUT2D eigenvalue weighted by Gasteiger charge is 2.42. The van der Waals surface area contributed by atoms with E-state index in [0.717, 1.165) is 0 Å². The number of aliphatic hydroxyl groups is 1. The first-order chi connectivity index (χ1) is 16.1. The van der Waals surface area contributed by atoms with E-state index in [-0.39, 0.29) is 72.7 Å². The molecular weight excluding hydrogens is 446 g/mol. The minimum atomic E-state index is -1.45. The molecule has 0 fully saturated rings. The number of hydroxylamine groups is 1. The van der Waals surface area contributed by atoms with E-state index in [1.54, 1.807) is 6.07 Å². The van der Waals surface area contributed by atoms with Crippen molar-refractivity contribution in [2.24, 2.45) is 11.5 Å². The Labute approximate surface area is 195 Å². The summed E-state index contributed by atoms with van der Waals surface area (Å²) in [5, 5.41) is 36.0. The van der Waals surface area contributed by atoms with Crippen LogP contribution < -0.4 is 22.3 Å². The number of rotatable bonds is 11. The summed E-state index contributed by atoms with van der Waals surface area (Å²) in [5.41, 5.74) is 13.3. The van der Waals surface area contributed by atoms with Crippen LogP contribution in [0.2, 0.25) is 0 Å². The minimum absolute atomic E-state index is 0.000744. The number of amides is 2. The van der Waals surface area contributed by atoms with E-state index in [2.05, 4.69) is 16.0 Å². The van der Waals surface area contributed by atoms with Crippen LogP contribution in [-0.2, 0) is 22.5 Å². The molecule has 2 aromatic rings. The van der Waals surface area contributed by atoms with Crippen molar-refractivity contribution in [1.82, 2.24) is 16.0 Å². The van der Waals surface area contributed by atoms with Gasteiger partial charge >= 0.3 is 0 Å². The molecule has 0 saturated carbocycles. The van der Waals surface area contributed by atoms with Gasteiger partial charge in [0.25, 0.3) is 5.91 Å². The lowest BCUT2D eigenvalue weighted by atomic mass is 9.95. The highest BCUT2D eigenvalue weighted by molar-refractivity contribution is 5.97. The Morgan fingerprint density at radius 1 is 1.21 bits per heavy atom. The summed E-state index contributed by atoms with van der Waals surface area (Å²) in [4.78, 5) is 29.6. The number of nitrogens with zero attached hydrogens (tertiary/aromatic N) is 1. The molecule has 34 heavy (non-hydrogen) atoms. The van der Waals surface area contributed by atoms with Gasteiger partial charge in [0.15, 0.2) is 17.0 Å². The number of hydrogen-bond donors (Lipinski definition) is 7. The average Bonchev–Trinajstić information content (AvgIpc) is 3.38. The summed E-state index contributed by atoms with van der Waals surface area (Å²) < 4.78 is 5.36. The van der Waals surface area contributed by atoms with Gasteiger partial charge in [-0.3, -0.25) is 9.59 Å². The fourth-order valence-corrected chi connectivity index (χ4v) is 3.68. The van der Waals surface area contributed by atoms with Gasteiger partial charge in [0.2, 0.25) is 5.91 Å². The molecular formula is C22H29N5O7. The van der Waals surface area contributed by atoms with Crippen LogP contribution in [0.15, 0.2) is 22.7 Å². The molecule has 0 spiro atoms. The van der Waals surface area contributed by atoms with Gasteiger partial charge in [-0.1, -0.05) is 19.0 Å². The normalized spacial score (nSPS) is 17.6. The Morgan fingerprint density at radius 3 is 2.56 bits per heavy atom. The Hall–Kier alpha value is -3.61. The molecule has 12 heteroatoms. The van der Waals surface area contributed by atoms with Crippen molar-refractivity contribution in [3.8, 4) is 11.5 Å². The number of carbonyl (C=O) groups is 2. The van der Waals surface area contributed by atoms with E-state index in [1.165, 1.54) is 12.1 Å². The number of phenolic OH excluding ortho intramolecular Hbond substituents is 2. The number of nitrogens with one attached hydrogen (secondary N) is 2. The first-order valence-electron chi connectivity index (χ1n) is 10.7. The molecule has 0 radical (unpaired) electrons. The number of nitrogens with two attached hydrogens (primary N) is 2. The third-order valence-corrected chi connectivity index (χ3v) is 5.57. The summed E-state index contributed by atoms with van der Waals surface area (Å²) in [7, 11) is 0. The molecule has 0 saturated heterocycles. The summed E-state index contributed by atoms with van der Waals surface area (Å²) in [6, 6.07) is 2.99. The predicted octanol–water partition coefficient (Wildman–Crippen LogP) is -0.225. The van der Waals surface area contributed by atoms with Crippen molar-refractivity contribution in [2.75, 3.05) is 19.7 Å². The number of benzene rings is 1. The lowest BCUT2D eigenvalue weighted by Gasteiger charge is -2.22. The van der Waals surface area contributed by atoms with Gasteiger partial charge in [-0.05, 0) is 35.6 Å². The first-order valence-corrected chi connectivity index (χ1v) is 10.7. The average molecular weight is 476 g/mol. The van der Waals surface area contributed by atoms with E-state index in [0.29, 0.717) is 11.1 Å². The topological polar surface area (TPSA) is 206 Å². The van der Waals surface area contributed by atoms with Crippen molar-refractivity contribution >= 4 is 17.6 Å². The van der Waals surface area contributed by atoms with Gasteiger partial charge in [-0.25, -0.2) is 0 Å². The lowest BCUT2D eigenvalue weighted by Crippen LogP contribution is -2.57. The second kappa shape index (κ2) is 10.1. The number of aromatic hydroxyl groups is 2. The highest BCUT2D eigenvalue weighted by Crippen LogP contribution is 2.35. The summed E-state index contributed by atoms with van der Waals surface area (Å²) in [6.45, 7) is 3.93. The van der Waals surface area contributed by atoms with E-state index in [4.69, 9.17) is 25.9 Å². The van der Waals surface area contributed by atoms with Crippen molar-refractivity contribution in [1.29, 1.82) is 0 Å². The number of primary amides is 2. The minimum Gasteiger partial charge on any atom is -0.508 e. The first kappa shape index (κ1) is 25.0. The zero-order valence-electron chi connectivity index (χ0n) is 18.9. The standard InChI is InChI=1S/C22H29N5O7/c1-11(2)13-7-12(14(29)8-15(13)30)3-4-16-18(19(20(23)31)26-33-16)17-9-22(21(24)32,27-34-17)10-25-5-6-28/h7-9,11,25,27-30H,3-6,10H2,1-2H3,(H2,23,31)(H2,24,32). The van der Waals surface area contributed by atoms with E-state index in [9.17, 15) is 19.8 Å². The molecule has 1 aromatic heterocycles. The number of carbonyl (C=O) groups excluding carboxylic acids is 2. The Morgan fingerprint density at radius 2 is 1.94 bits per heavy atom. The summed E-state index contributed by atoms with van der Waals surface area (Å²) in [6.07, 6.45) is 1.88. The zero-order chi connectivity index (χ0) is 25.0. The lowest BCUT2D eigenvalue weighted by molar-refractivity contribution is -0.124. The quantitative estimate of drug-likeness (QED) is 0.213. The van der Waals surface area contributed by atoms with Gasteiger partial charge < -0.3 is 41.5 Å². The molecule has 1 atom stereocenters. The molecule has 1 unspecified atom stereocenters. The van der Waals surface area contributed by atoms with Gasteiger partial charge in [-0.2, -0.15) is 0 Å². The number of aryl methyl sites for hydroxylation is 2. The van der Waals surface area contributed by atoms with Gasteiger partial charge in [0, 0.05) is 25.6 Å². The SMILES string of the molecule is CC(C)c1cc(CCc2onc(C(N)=O)c2C2=CC(CNCCO)(C(N)=O)NO2)c(O)cc1O. The van der Waals surface area contributed by atoms with Crippen LogP contribution >= 0.6 is 0 Å². The van der Waals surface area contributed by atoms with Crippen molar-refractivity contribution in [3.63, 3.8) is 0 Å². The van der Waals surface area contributed by atoms with Crippen LogP contribution in [0.5, 0.6) is 11.5 Å². The Balaban J connectivity index is 1.94. The second-order valence-electron chi connectivity index (χ2n) is 8.34. The molecule has 0 aliphatic carbocycles. The van der Waals surface area contributed by atoms with Gasteiger partial charge in [0.1, 0.15) is 17.3 Å². The number of aliphatic hydroxyl groups excluding tert-OH is 1. The van der Waals surface area contributed by atoms with Crippen molar-refractivity contribution in [3.05, 3.63) is 46.4 Å². The maximum Gasteiger partial charge on any atom is 0.271 e. The van der Waals surface area contributed by atoms with E-state index < -0.39 is 17.4 Å². The molecule has 2 heterocycles. The maximum absolute atomic E-state index is 12.2. The second-order valence-corrected chi connectivity index (χ2v) is 8.34. The molecule has 9 N–H and O–H groups in total. The molecule has 2 amide bonds. The van der Waals surface area contributed by atoms with Crippen LogP contribution in [0.4, 0.5) is 0 Å². The number of phenols is 2. The fourth-order valence-electron chi connectivity index (χ4n) is 3.68. The fraction of sp³-hybridized carbons (Fsp3) is 0.409. The monoisotopic (exact) mass is 475 g/mol. The van der Waals surface area contributed by atoms with Crippen LogP contribution in [0, 0.1) is 0 Å². The van der Waals surface area contributed by atoms with E-state index in [1.807, 2.05) is 13.8 Å². The summed E-state index contributed by atoms with van der Waals surface area (Å²) >= 11 is 0. The third kappa shape index (κ3) is 4.98. The van der Waals surface area contributed by atoms with Crippen LogP contribution in [0.1, 0.15) is 52.7 Å². The largest absolute Gasteiger partial charge is 0.508 e. The third-order valence-electron chi connectivity index (χ3n) is 5.57. The van der Waals surface area contributed by atoms with Crippen molar-refractivity contribution in [2.45, 2.75) is 38.1 Å². The smallest absolute Gasteiger partial charge is 0.271 e. The maximum atomic E-state index is 12.2. The molecule has 1 aliphatic rings. The highest BCUT2D eigenvalue weighted by atomic mass is 16.7. The molecule has 184 valence electrons. The van der Waals surface area contributed by atoms with Crippen LogP contribution in [-0.4, -0.2) is 57.5 Å². The van der Waals surface area contributed by atoms with Gasteiger partial charge in [-0.15, -0.1) is 5.48 Å². The Kier molecular flexibility index (Phi) is 7.44. The van der Waals surface area contributed by atoms with Crippen molar-refractivity contribution < 1.29 is 34.3 Å². The number of hydrogen-bond acceptors (Lipinski definition) is 10. The zero-order valence-corrected chi connectivity index (χ0v) is 18.9. The van der Waals surface area contributed by atoms with Crippen LogP contribution in [0.25, 0.3) is 5.76 Å². The van der Waals surface area contributed by atoms with Crippen LogP contribution in [0.3, 0.4) is 0 Å². The van der Waals surface area contributed by atoms with E-state index >= 15 is 0 Å². The summed E-state index contributed by atoms with van der Waals surface area (Å²) in [5.74, 6) is -1.34. The molecule has 0 bridgehead atoms. The molecule has 1 aliphatic heterocycles. The molecule has 12 nitrogen and oxygen atoms in total. The van der Waals surface area contributed by atoms with Gasteiger partial charge in [0.05, 0.1) is 12.2 Å². The predicted molar refractivity (Wildman–Crippen MR) is 120 cm³/mol.